The molecule has 0 bridgehead atoms. The van der Waals surface area contributed by atoms with Gasteiger partial charge in [0.1, 0.15) is 5.82 Å². The summed E-state index contributed by atoms with van der Waals surface area (Å²) in [6, 6.07) is 4.53. The van der Waals surface area contributed by atoms with Crippen molar-refractivity contribution in [3.8, 4) is 11.5 Å². The molecule has 2 aliphatic heterocycles. The molecule has 2 aliphatic rings. The number of pyridine rings is 1. The first kappa shape index (κ1) is 21.2. The number of rotatable bonds is 8. The first-order valence-corrected chi connectivity index (χ1v) is 11.4. The van der Waals surface area contributed by atoms with E-state index in [0.29, 0.717) is 12.6 Å². The second-order valence-corrected chi connectivity index (χ2v) is 8.98. The van der Waals surface area contributed by atoms with Crippen molar-refractivity contribution in [1.29, 1.82) is 0 Å². The normalized spacial score (nSPS) is 17.5. The Morgan fingerprint density at radius 2 is 1.90 bits per heavy atom. The van der Waals surface area contributed by atoms with Crippen molar-refractivity contribution in [1.82, 2.24) is 14.8 Å². The number of aromatic nitrogens is 1. The Balaban J connectivity index is 1.61. The summed E-state index contributed by atoms with van der Waals surface area (Å²) in [5, 5.41) is 4.75. The molecule has 0 radical (unpaired) electrons. The average molecular weight is 413 g/mol. The van der Waals surface area contributed by atoms with Gasteiger partial charge in [-0.05, 0) is 71.3 Å². The van der Waals surface area contributed by atoms with Gasteiger partial charge in [-0.2, -0.15) is 0 Å². The minimum atomic E-state index is 0.339. The van der Waals surface area contributed by atoms with Crippen LogP contribution in [0.5, 0.6) is 11.5 Å². The Morgan fingerprint density at radius 1 is 1.10 bits per heavy atom. The van der Waals surface area contributed by atoms with Gasteiger partial charge in [0, 0.05) is 42.7 Å². The van der Waals surface area contributed by atoms with Crippen LogP contribution < -0.4 is 14.8 Å². The van der Waals surface area contributed by atoms with Gasteiger partial charge in [-0.1, -0.05) is 0 Å². The maximum absolute atomic E-state index is 6.16. The quantitative estimate of drug-likeness (QED) is 0.664. The Bertz CT molecular complexity index is 877. The van der Waals surface area contributed by atoms with Crippen LogP contribution in [0, 0.1) is 0 Å². The number of ether oxygens (including phenoxy) is 2. The van der Waals surface area contributed by atoms with Gasteiger partial charge in [-0.15, -0.1) is 0 Å². The number of anilines is 1. The molecule has 4 rings (SSSR count). The molecule has 1 aromatic heterocycles. The highest BCUT2D eigenvalue weighted by molar-refractivity contribution is 5.89. The number of nitrogens with zero attached hydrogens (tertiary/aromatic N) is 3. The summed E-state index contributed by atoms with van der Waals surface area (Å²) in [5.74, 6) is 2.60. The minimum Gasteiger partial charge on any atom is -0.493 e. The van der Waals surface area contributed by atoms with E-state index in [-0.39, 0.29) is 0 Å². The molecule has 0 amide bonds. The van der Waals surface area contributed by atoms with E-state index in [4.69, 9.17) is 14.5 Å². The van der Waals surface area contributed by atoms with E-state index in [2.05, 4.69) is 48.1 Å². The van der Waals surface area contributed by atoms with Gasteiger partial charge in [0.05, 0.1) is 19.2 Å². The van der Waals surface area contributed by atoms with Crippen molar-refractivity contribution in [2.24, 2.45) is 0 Å². The van der Waals surface area contributed by atoms with Gasteiger partial charge < -0.3 is 24.6 Å². The van der Waals surface area contributed by atoms with Crippen LogP contribution in [0.25, 0.3) is 10.9 Å². The lowest BCUT2D eigenvalue weighted by Gasteiger charge is -2.29. The molecule has 0 spiro atoms. The molecule has 2 aromatic rings. The highest BCUT2D eigenvalue weighted by atomic mass is 16.5. The predicted octanol–water partition coefficient (Wildman–Crippen LogP) is 3.92. The van der Waals surface area contributed by atoms with E-state index in [1.165, 1.54) is 42.4 Å². The number of nitrogens with one attached hydrogen (secondary N) is 1. The second-order valence-electron chi connectivity index (χ2n) is 8.98. The molecule has 1 N–H and O–H groups in total. The van der Waals surface area contributed by atoms with E-state index in [1.807, 2.05) is 0 Å². The number of likely N-dealkylation sites (N-methyl/N-ethyl adjacent to an activating group) is 1. The van der Waals surface area contributed by atoms with Crippen molar-refractivity contribution >= 4 is 16.7 Å². The molecule has 1 saturated heterocycles. The van der Waals surface area contributed by atoms with Crippen molar-refractivity contribution in [2.45, 2.75) is 52.1 Å². The largest absolute Gasteiger partial charge is 0.493 e. The molecule has 3 heterocycles. The third-order valence-electron chi connectivity index (χ3n) is 6.16. The van der Waals surface area contributed by atoms with Crippen LogP contribution in [0.3, 0.4) is 0 Å². The van der Waals surface area contributed by atoms with Crippen LogP contribution in [0.15, 0.2) is 12.1 Å². The van der Waals surface area contributed by atoms with Crippen molar-refractivity contribution in [2.75, 3.05) is 52.3 Å². The molecule has 0 atom stereocenters. The molecule has 6 nitrogen and oxygen atoms in total. The maximum Gasteiger partial charge on any atom is 0.163 e. The third-order valence-corrected chi connectivity index (χ3v) is 6.16. The molecule has 1 fully saturated rings. The highest BCUT2D eigenvalue weighted by Crippen LogP contribution is 2.38. The molecule has 0 saturated carbocycles. The molecule has 30 heavy (non-hydrogen) atoms. The van der Waals surface area contributed by atoms with Gasteiger partial charge in [-0.25, -0.2) is 4.98 Å². The van der Waals surface area contributed by atoms with Crippen molar-refractivity contribution < 1.29 is 9.47 Å². The number of methoxy groups -OCH3 is 1. The molecular formula is C24H36N4O2. The molecule has 0 unspecified atom stereocenters. The number of hydrogen-bond donors (Lipinski definition) is 1. The van der Waals surface area contributed by atoms with E-state index in [9.17, 15) is 0 Å². The molecular weight excluding hydrogens is 376 g/mol. The first-order valence-electron chi connectivity index (χ1n) is 11.4. The lowest BCUT2D eigenvalue weighted by atomic mass is 9.95. The van der Waals surface area contributed by atoms with Gasteiger partial charge in [0.15, 0.2) is 11.5 Å². The van der Waals surface area contributed by atoms with Gasteiger partial charge in [0.2, 0.25) is 0 Å². The topological polar surface area (TPSA) is 49.9 Å². The Kier molecular flexibility index (Phi) is 6.64. The highest BCUT2D eigenvalue weighted by Gasteiger charge is 2.23. The van der Waals surface area contributed by atoms with Crippen LogP contribution in [-0.4, -0.2) is 67.8 Å². The maximum atomic E-state index is 6.16. The summed E-state index contributed by atoms with van der Waals surface area (Å²) < 4.78 is 11.9. The fourth-order valence-electron chi connectivity index (χ4n) is 4.63. The number of hydrogen-bond acceptors (Lipinski definition) is 6. The molecule has 1 aromatic carbocycles. The summed E-state index contributed by atoms with van der Waals surface area (Å²) >= 11 is 0. The summed E-state index contributed by atoms with van der Waals surface area (Å²) in [7, 11) is 3.90. The van der Waals surface area contributed by atoms with Crippen LogP contribution in [0.2, 0.25) is 0 Å². The summed E-state index contributed by atoms with van der Waals surface area (Å²) in [6.45, 7) is 10.6. The average Bonchev–Trinajstić information content (AvgIpc) is 3.24. The van der Waals surface area contributed by atoms with Gasteiger partial charge in [0.25, 0.3) is 0 Å². The Labute approximate surface area is 180 Å². The Morgan fingerprint density at radius 3 is 2.63 bits per heavy atom. The third kappa shape index (κ3) is 4.65. The zero-order chi connectivity index (χ0) is 21.1. The summed E-state index contributed by atoms with van der Waals surface area (Å²) in [6.07, 6.45) is 4.72. The minimum absolute atomic E-state index is 0.339. The first-order chi connectivity index (χ1) is 14.5. The number of fused-ring (bicyclic) bond motifs is 3. The lowest BCUT2D eigenvalue weighted by Crippen LogP contribution is -2.28. The fourth-order valence-corrected chi connectivity index (χ4v) is 4.63. The second kappa shape index (κ2) is 9.40. The van der Waals surface area contributed by atoms with Crippen molar-refractivity contribution in [3.05, 3.63) is 23.3 Å². The zero-order valence-corrected chi connectivity index (χ0v) is 19.0. The molecule has 164 valence electrons. The van der Waals surface area contributed by atoms with E-state index in [0.717, 1.165) is 55.3 Å². The van der Waals surface area contributed by atoms with Crippen LogP contribution >= 0.6 is 0 Å². The van der Waals surface area contributed by atoms with Crippen LogP contribution in [0.1, 0.15) is 44.2 Å². The monoisotopic (exact) mass is 412 g/mol. The summed E-state index contributed by atoms with van der Waals surface area (Å²) in [5.41, 5.74) is 3.68. The van der Waals surface area contributed by atoms with Crippen LogP contribution in [-0.2, 0) is 13.0 Å². The predicted molar refractivity (Wildman–Crippen MR) is 123 cm³/mol. The van der Waals surface area contributed by atoms with Crippen molar-refractivity contribution in [3.63, 3.8) is 0 Å². The zero-order valence-electron chi connectivity index (χ0n) is 19.0. The van der Waals surface area contributed by atoms with E-state index >= 15 is 0 Å². The van der Waals surface area contributed by atoms with Gasteiger partial charge in [-0.3, -0.25) is 0 Å². The number of benzene rings is 1. The number of likely N-dealkylation sites (tertiary alicyclic amines) is 1. The summed E-state index contributed by atoms with van der Waals surface area (Å²) in [4.78, 5) is 9.89. The Hall–Kier alpha value is -2.05. The molecule has 0 aliphatic carbocycles. The molecule has 6 heteroatoms. The SMILES string of the molecule is COc1cc2c3c(c(NC(C)C)nc2cc1OCCCN1CCCC1)CN(C)CC3. The van der Waals surface area contributed by atoms with E-state index < -0.39 is 0 Å². The smallest absolute Gasteiger partial charge is 0.163 e. The van der Waals surface area contributed by atoms with E-state index in [1.54, 1.807) is 7.11 Å². The fraction of sp³-hybridized carbons (Fsp3) is 0.625. The van der Waals surface area contributed by atoms with Crippen LogP contribution in [0.4, 0.5) is 5.82 Å². The lowest BCUT2D eigenvalue weighted by molar-refractivity contribution is 0.254. The standard InChI is InChI=1S/C24H36N4O2/c1-17(2)25-24-20-16-27(3)12-8-18(20)19-14-22(29-4)23(15-21(19)26-24)30-13-7-11-28-9-5-6-10-28/h14-15,17H,5-13,16H2,1-4H3,(H,25,26). The van der Waals surface area contributed by atoms with Gasteiger partial charge >= 0.3 is 0 Å².